The summed E-state index contributed by atoms with van der Waals surface area (Å²) in [5, 5.41) is 7.92. The van der Waals surface area contributed by atoms with Crippen molar-refractivity contribution in [1.29, 1.82) is 0 Å². The molecule has 1 fully saturated rings. The van der Waals surface area contributed by atoms with Gasteiger partial charge in [-0.15, -0.1) is 0 Å². The molecule has 0 radical (unpaired) electrons. The van der Waals surface area contributed by atoms with Gasteiger partial charge in [0, 0.05) is 38.1 Å². The lowest BCUT2D eigenvalue weighted by atomic mass is 10.1. The smallest absolute Gasteiger partial charge is 0.371 e. The first-order chi connectivity index (χ1) is 16.8. The number of halogens is 4. The molecule has 0 spiro atoms. The predicted octanol–water partition coefficient (Wildman–Crippen LogP) is 6.08. The maximum Gasteiger partial charge on any atom is 0.419 e. The average molecular weight is 488 g/mol. The molecule has 184 valence electrons. The highest BCUT2D eigenvalue weighted by molar-refractivity contribution is 6.00. The number of piperidine rings is 1. The number of nitrogens with one attached hydrogen (secondary N) is 3. The van der Waals surface area contributed by atoms with Gasteiger partial charge >= 0.3 is 6.18 Å². The van der Waals surface area contributed by atoms with Crippen molar-refractivity contribution in [3.05, 3.63) is 71.7 Å². The van der Waals surface area contributed by atoms with Crippen LogP contribution in [0.2, 0.25) is 0 Å². The van der Waals surface area contributed by atoms with E-state index in [9.17, 15) is 22.4 Å². The summed E-state index contributed by atoms with van der Waals surface area (Å²) in [4.78, 5) is 18.1. The molecule has 35 heavy (non-hydrogen) atoms. The fraction of sp³-hybridized carbons (Fsp3) is 0.280. The Morgan fingerprint density at radius 1 is 0.943 bits per heavy atom. The van der Waals surface area contributed by atoms with E-state index in [1.807, 2.05) is 0 Å². The van der Waals surface area contributed by atoms with Crippen molar-refractivity contribution in [2.45, 2.75) is 25.4 Å². The molecule has 6 nitrogen and oxygen atoms in total. The molecule has 0 aliphatic carbocycles. The van der Waals surface area contributed by atoms with Crippen molar-refractivity contribution in [1.82, 2.24) is 10.3 Å². The van der Waals surface area contributed by atoms with Gasteiger partial charge < -0.3 is 20.9 Å². The molecule has 0 bridgehead atoms. The monoisotopic (exact) mass is 487 g/mol. The van der Waals surface area contributed by atoms with Crippen LogP contribution in [0.15, 0.2) is 54.7 Å². The standard InChI is InChI=1S/C25H25F4N5O/c1-30-24(35)17-7-3-4-8-20(17)32-22-14-23(31-15-18(22)25(27,28)29)33-21-10-9-16(13-19(21)26)34-11-5-2-6-12-34/h3-4,7-10,13-15H,2,5-6,11-12H2,1H3,(H,30,35)(H2,31,32,33). The van der Waals surface area contributed by atoms with Gasteiger partial charge in [-0.2, -0.15) is 13.2 Å². The molecule has 2 heterocycles. The number of carbonyl (C=O) groups is 1. The Morgan fingerprint density at radius 2 is 1.69 bits per heavy atom. The fourth-order valence-electron chi connectivity index (χ4n) is 4.02. The summed E-state index contributed by atoms with van der Waals surface area (Å²) in [6, 6.07) is 12.1. The maximum atomic E-state index is 14.8. The van der Waals surface area contributed by atoms with E-state index in [-0.39, 0.29) is 28.4 Å². The molecule has 10 heteroatoms. The van der Waals surface area contributed by atoms with Gasteiger partial charge in [0.1, 0.15) is 11.6 Å². The summed E-state index contributed by atoms with van der Waals surface area (Å²) in [6.07, 6.45) is -0.766. The number of hydrogen-bond donors (Lipinski definition) is 3. The Labute approximate surface area is 200 Å². The van der Waals surface area contributed by atoms with Crippen LogP contribution in [0.25, 0.3) is 0 Å². The van der Waals surface area contributed by atoms with Gasteiger partial charge in [0.25, 0.3) is 5.91 Å². The van der Waals surface area contributed by atoms with Gasteiger partial charge in [-0.05, 0) is 49.6 Å². The van der Waals surface area contributed by atoms with E-state index in [1.165, 1.54) is 25.2 Å². The number of pyridine rings is 1. The molecule has 4 rings (SSSR count). The Hall–Kier alpha value is -3.82. The third kappa shape index (κ3) is 5.64. The van der Waals surface area contributed by atoms with Crippen LogP contribution < -0.4 is 20.9 Å². The number of carbonyl (C=O) groups excluding carboxylic acids is 1. The number of hydrogen-bond acceptors (Lipinski definition) is 5. The molecule has 1 aromatic heterocycles. The molecular weight excluding hydrogens is 462 g/mol. The lowest BCUT2D eigenvalue weighted by molar-refractivity contribution is -0.137. The zero-order valence-electron chi connectivity index (χ0n) is 19.0. The predicted molar refractivity (Wildman–Crippen MR) is 128 cm³/mol. The molecule has 0 unspecified atom stereocenters. The topological polar surface area (TPSA) is 69.3 Å². The van der Waals surface area contributed by atoms with Crippen LogP contribution in [-0.4, -0.2) is 31.0 Å². The molecule has 1 amide bonds. The highest BCUT2D eigenvalue weighted by Crippen LogP contribution is 2.38. The minimum absolute atomic E-state index is 0.0162. The van der Waals surface area contributed by atoms with Crippen LogP contribution >= 0.6 is 0 Å². The number of rotatable bonds is 6. The average Bonchev–Trinajstić information content (AvgIpc) is 2.85. The number of nitrogens with zero attached hydrogens (tertiary/aromatic N) is 2. The first kappa shape index (κ1) is 24.3. The largest absolute Gasteiger partial charge is 0.419 e. The van der Waals surface area contributed by atoms with Crippen LogP contribution in [0.5, 0.6) is 0 Å². The van der Waals surface area contributed by atoms with Crippen LogP contribution in [0.3, 0.4) is 0 Å². The molecule has 1 aliphatic heterocycles. The van der Waals surface area contributed by atoms with Gasteiger partial charge in [0.15, 0.2) is 0 Å². The Kier molecular flexibility index (Phi) is 7.09. The minimum atomic E-state index is -4.70. The van der Waals surface area contributed by atoms with Gasteiger partial charge in [-0.25, -0.2) is 9.37 Å². The third-order valence-electron chi connectivity index (χ3n) is 5.81. The second kappa shape index (κ2) is 10.2. The molecule has 0 saturated carbocycles. The molecular formula is C25H25F4N5O. The van der Waals surface area contributed by atoms with Crippen molar-refractivity contribution < 1.29 is 22.4 Å². The van der Waals surface area contributed by atoms with E-state index in [1.54, 1.807) is 24.3 Å². The summed E-state index contributed by atoms with van der Waals surface area (Å²) in [5.74, 6) is -0.971. The Balaban J connectivity index is 1.63. The Morgan fingerprint density at radius 3 is 2.37 bits per heavy atom. The highest BCUT2D eigenvalue weighted by Gasteiger charge is 2.34. The van der Waals surface area contributed by atoms with E-state index >= 15 is 0 Å². The van der Waals surface area contributed by atoms with Crippen molar-refractivity contribution in [3.8, 4) is 0 Å². The van der Waals surface area contributed by atoms with Crippen molar-refractivity contribution in [3.63, 3.8) is 0 Å². The summed E-state index contributed by atoms with van der Waals surface area (Å²) in [7, 11) is 1.43. The summed E-state index contributed by atoms with van der Waals surface area (Å²) in [6.45, 7) is 1.72. The van der Waals surface area contributed by atoms with Gasteiger partial charge in [-0.1, -0.05) is 12.1 Å². The number of anilines is 5. The second-order valence-electron chi connectivity index (χ2n) is 8.20. The Bertz CT molecular complexity index is 1210. The number of aromatic nitrogens is 1. The first-order valence-electron chi connectivity index (χ1n) is 11.2. The van der Waals surface area contributed by atoms with E-state index in [0.717, 1.165) is 44.1 Å². The normalized spacial score (nSPS) is 13.9. The molecule has 3 N–H and O–H groups in total. The van der Waals surface area contributed by atoms with E-state index < -0.39 is 23.5 Å². The number of benzene rings is 2. The van der Waals surface area contributed by atoms with Crippen molar-refractivity contribution in [2.24, 2.45) is 0 Å². The van der Waals surface area contributed by atoms with Crippen LogP contribution in [0, 0.1) is 5.82 Å². The molecule has 3 aromatic rings. The highest BCUT2D eigenvalue weighted by atomic mass is 19.4. The van der Waals surface area contributed by atoms with E-state index in [2.05, 4.69) is 25.8 Å². The van der Waals surface area contributed by atoms with Gasteiger partial charge in [0.2, 0.25) is 0 Å². The fourth-order valence-corrected chi connectivity index (χ4v) is 4.02. The first-order valence-corrected chi connectivity index (χ1v) is 11.2. The number of alkyl halides is 3. The minimum Gasteiger partial charge on any atom is -0.371 e. The maximum absolute atomic E-state index is 14.8. The van der Waals surface area contributed by atoms with E-state index in [4.69, 9.17) is 0 Å². The lowest BCUT2D eigenvalue weighted by Gasteiger charge is -2.29. The third-order valence-corrected chi connectivity index (χ3v) is 5.81. The molecule has 2 aromatic carbocycles. The molecule has 1 saturated heterocycles. The quantitative estimate of drug-likeness (QED) is 0.368. The van der Waals surface area contributed by atoms with Crippen LogP contribution in [-0.2, 0) is 6.18 Å². The zero-order chi connectivity index (χ0) is 25.0. The second-order valence-corrected chi connectivity index (χ2v) is 8.20. The van der Waals surface area contributed by atoms with Crippen molar-refractivity contribution in [2.75, 3.05) is 35.7 Å². The van der Waals surface area contributed by atoms with Crippen LogP contribution in [0.1, 0.15) is 35.2 Å². The van der Waals surface area contributed by atoms with Gasteiger partial charge in [0.05, 0.1) is 28.2 Å². The lowest BCUT2D eigenvalue weighted by Crippen LogP contribution is -2.29. The van der Waals surface area contributed by atoms with Gasteiger partial charge in [-0.3, -0.25) is 4.79 Å². The SMILES string of the molecule is CNC(=O)c1ccccc1Nc1cc(Nc2ccc(N3CCCCC3)cc2F)ncc1C(F)(F)F. The molecule has 1 aliphatic rings. The summed E-state index contributed by atoms with van der Waals surface area (Å²) in [5.41, 5.74) is -0.122. The number of para-hydroxylation sites is 1. The zero-order valence-corrected chi connectivity index (χ0v) is 19.0. The van der Waals surface area contributed by atoms with Crippen molar-refractivity contribution >= 4 is 34.5 Å². The van der Waals surface area contributed by atoms with Crippen LogP contribution in [0.4, 0.5) is 46.1 Å². The van der Waals surface area contributed by atoms with E-state index in [0.29, 0.717) is 6.20 Å². The summed E-state index contributed by atoms with van der Waals surface area (Å²) >= 11 is 0. The number of amides is 1. The molecule has 0 atom stereocenters. The summed E-state index contributed by atoms with van der Waals surface area (Å²) < 4.78 is 55.9.